The Kier molecular flexibility index (Phi) is 4.92. The number of halogens is 1. The van der Waals surface area contributed by atoms with Crippen molar-refractivity contribution in [3.8, 4) is 0 Å². The summed E-state index contributed by atoms with van der Waals surface area (Å²) in [5.74, 6) is -0.714. The van der Waals surface area contributed by atoms with E-state index in [1.807, 2.05) is 0 Å². The van der Waals surface area contributed by atoms with Gasteiger partial charge in [-0.25, -0.2) is 0 Å². The standard InChI is InChI=1S/C13H15ClN2O2/c1-9(17)12(8-16(2)3)13(18)15-11-6-4-10(14)5-7-11/h4-8H,1-3H3,(H,15,18)/b12-8+. The molecular weight excluding hydrogens is 252 g/mol. The molecule has 0 bridgehead atoms. The van der Waals surface area contributed by atoms with Crippen molar-refractivity contribution < 1.29 is 9.59 Å². The van der Waals surface area contributed by atoms with Crippen molar-refractivity contribution in [2.24, 2.45) is 0 Å². The van der Waals surface area contributed by atoms with Crippen LogP contribution in [0.5, 0.6) is 0 Å². The van der Waals surface area contributed by atoms with E-state index in [0.29, 0.717) is 10.7 Å². The molecule has 0 aliphatic rings. The summed E-state index contributed by atoms with van der Waals surface area (Å²) < 4.78 is 0. The second-order valence-corrected chi connectivity index (χ2v) is 4.46. The summed E-state index contributed by atoms with van der Waals surface area (Å²) in [7, 11) is 3.50. The lowest BCUT2D eigenvalue weighted by Gasteiger charge is -2.10. The van der Waals surface area contributed by atoms with Gasteiger partial charge in [-0.05, 0) is 31.2 Å². The first kappa shape index (κ1) is 14.3. The fourth-order valence-corrected chi connectivity index (χ4v) is 1.43. The highest BCUT2D eigenvalue weighted by atomic mass is 35.5. The Morgan fingerprint density at radius 1 is 1.22 bits per heavy atom. The van der Waals surface area contributed by atoms with Gasteiger partial charge in [0.1, 0.15) is 0 Å². The topological polar surface area (TPSA) is 49.4 Å². The van der Waals surface area contributed by atoms with Crippen LogP contribution >= 0.6 is 11.6 Å². The van der Waals surface area contributed by atoms with Gasteiger partial charge in [-0.1, -0.05) is 11.6 Å². The molecule has 18 heavy (non-hydrogen) atoms. The number of carbonyl (C=O) groups is 2. The van der Waals surface area contributed by atoms with Crippen molar-refractivity contribution in [2.45, 2.75) is 6.92 Å². The Labute approximate surface area is 111 Å². The van der Waals surface area contributed by atoms with Gasteiger partial charge < -0.3 is 10.2 Å². The van der Waals surface area contributed by atoms with Gasteiger partial charge in [-0.15, -0.1) is 0 Å². The maximum Gasteiger partial charge on any atom is 0.260 e. The van der Waals surface area contributed by atoms with Crippen LogP contribution < -0.4 is 5.32 Å². The minimum Gasteiger partial charge on any atom is -0.383 e. The molecule has 0 atom stereocenters. The summed E-state index contributed by atoms with van der Waals surface area (Å²) in [5, 5.41) is 3.23. The lowest BCUT2D eigenvalue weighted by Crippen LogP contribution is -2.21. The van der Waals surface area contributed by atoms with Crippen LogP contribution in [0, 0.1) is 0 Å². The second-order valence-electron chi connectivity index (χ2n) is 4.02. The first-order valence-corrected chi connectivity index (χ1v) is 5.74. The van der Waals surface area contributed by atoms with Crippen LogP contribution in [0.3, 0.4) is 0 Å². The first-order valence-electron chi connectivity index (χ1n) is 5.36. The van der Waals surface area contributed by atoms with Crippen molar-refractivity contribution in [2.75, 3.05) is 19.4 Å². The highest BCUT2D eigenvalue weighted by Gasteiger charge is 2.14. The number of ketones is 1. The fraction of sp³-hybridized carbons (Fsp3) is 0.231. The lowest BCUT2D eigenvalue weighted by atomic mass is 10.2. The number of hydrogen-bond acceptors (Lipinski definition) is 3. The van der Waals surface area contributed by atoms with Crippen LogP contribution in [0.1, 0.15) is 6.92 Å². The van der Waals surface area contributed by atoms with E-state index in [2.05, 4.69) is 5.32 Å². The SMILES string of the molecule is CC(=O)/C(=C\N(C)C)C(=O)Nc1ccc(Cl)cc1. The number of rotatable bonds is 4. The first-order chi connectivity index (χ1) is 8.40. The maximum atomic E-state index is 11.9. The Bertz CT molecular complexity index is 478. The van der Waals surface area contributed by atoms with E-state index in [4.69, 9.17) is 11.6 Å². The van der Waals surface area contributed by atoms with E-state index in [0.717, 1.165) is 0 Å². The average Bonchev–Trinajstić information content (AvgIpc) is 2.28. The van der Waals surface area contributed by atoms with E-state index in [9.17, 15) is 9.59 Å². The van der Waals surface area contributed by atoms with Gasteiger partial charge in [0.05, 0.1) is 5.57 Å². The fourth-order valence-electron chi connectivity index (χ4n) is 1.30. The van der Waals surface area contributed by atoms with E-state index in [1.165, 1.54) is 13.1 Å². The molecule has 1 aromatic rings. The molecule has 0 aromatic heterocycles. The monoisotopic (exact) mass is 266 g/mol. The molecule has 0 radical (unpaired) electrons. The van der Waals surface area contributed by atoms with Gasteiger partial charge in [0, 0.05) is 31.0 Å². The van der Waals surface area contributed by atoms with Crippen molar-refractivity contribution >= 4 is 29.0 Å². The summed E-state index contributed by atoms with van der Waals surface area (Å²) in [4.78, 5) is 25.0. The predicted molar refractivity (Wildman–Crippen MR) is 72.5 cm³/mol. The van der Waals surface area contributed by atoms with Crippen molar-refractivity contribution in [3.63, 3.8) is 0 Å². The quantitative estimate of drug-likeness (QED) is 0.517. The van der Waals surface area contributed by atoms with Crippen molar-refractivity contribution in [1.82, 2.24) is 4.90 Å². The lowest BCUT2D eigenvalue weighted by molar-refractivity contribution is -0.119. The third-order valence-corrected chi connectivity index (χ3v) is 2.37. The van der Waals surface area contributed by atoms with Crippen molar-refractivity contribution in [3.05, 3.63) is 41.1 Å². The number of hydrogen-bond donors (Lipinski definition) is 1. The Morgan fingerprint density at radius 3 is 2.22 bits per heavy atom. The molecule has 0 spiro atoms. The van der Waals surface area contributed by atoms with Gasteiger partial charge in [0.2, 0.25) is 0 Å². The number of benzene rings is 1. The summed E-state index contributed by atoms with van der Waals surface area (Å²) in [6.07, 6.45) is 1.49. The summed E-state index contributed by atoms with van der Waals surface area (Å²) in [5.41, 5.74) is 0.699. The molecule has 0 saturated carbocycles. The second kappa shape index (κ2) is 6.21. The van der Waals surface area contributed by atoms with Crippen LogP contribution in [0.4, 0.5) is 5.69 Å². The van der Waals surface area contributed by atoms with E-state index < -0.39 is 5.91 Å². The molecule has 0 unspecified atom stereocenters. The van der Waals surface area contributed by atoms with Crippen LogP contribution in [0.15, 0.2) is 36.0 Å². The Balaban J connectivity index is 2.86. The normalized spacial score (nSPS) is 11.0. The molecule has 0 heterocycles. The molecule has 1 rings (SSSR count). The third-order valence-electron chi connectivity index (χ3n) is 2.11. The molecule has 96 valence electrons. The summed E-state index contributed by atoms with van der Waals surface area (Å²) >= 11 is 5.75. The number of anilines is 1. The molecule has 0 fully saturated rings. The minimum atomic E-state index is -0.432. The summed E-state index contributed by atoms with van der Waals surface area (Å²) in [6.45, 7) is 1.36. The third kappa shape index (κ3) is 4.22. The molecule has 0 aliphatic carbocycles. The molecule has 1 aromatic carbocycles. The molecule has 0 saturated heterocycles. The predicted octanol–water partition coefficient (Wildman–Crippen LogP) is 2.31. The highest BCUT2D eigenvalue weighted by Crippen LogP contribution is 2.14. The number of Topliss-reactive ketones (excluding diaryl/α,β-unsaturated/α-hetero) is 1. The Morgan fingerprint density at radius 2 is 1.78 bits per heavy atom. The van der Waals surface area contributed by atoms with Gasteiger partial charge in [-0.2, -0.15) is 0 Å². The average molecular weight is 267 g/mol. The smallest absolute Gasteiger partial charge is 0.260 e. The minimum absolute atomic E-state index is 0.106. The maximum absolute atomic E-state index is 11.9. The van der Waals surface area contributed by atoms with E-state index in [1.54, 1.807) is 43.3 Å². The molecular formula is C13H15ClN2O2. The van der Waals surface area contributed by atoms with E-state index in [-0.39, 0.29) is 11.4 Å². The van der Waals surface area contributed by atoms with Gasteiger partial charge in [0.15, 0.2) is 5.78 Å². The molecule has 0 aliphatic heterocycles. The zero-order valence-corrected chi connectivity index (χ0v) is 11.3. The van der Waals surface area contributed by atoms with Crippen LogP contribution in [0.2, 0.25) is 5.02 Å². The number of nitrogens with zero attached hydrogens (tertiary/aromatic N) is 1. The number of amides is 1. The van der Waals surface area contributed by atoms with Gasteiger partial charge in [-0.3, -0.25) is 9.59 Å². The largest absolute Gasteiger partial charge is 0.383 e. The van der Waals surface area contributed by atoms with Crippen LogP contribution in [-0.2, 0) is 9.59 Å². The number of carbonyl (C=O) groups excluding carboxylic acids is 2. The summed E-state index contributed by atoms with van der Waals surface area (Å²) in [6, 6.07) is 6.68. The molecule has 5 heteroatoms. The van der Waals surface area contributed by atoms with Gasteiger partial charge >= 0.3 is 0 Å². The van der Waals surface area contributed by atoms with Crippen LogP contribution in [0.25, 0.3) is 0 Å². The molecule has 1 N–H and O–H groups in total. The highest BCUT2D eigenvalue weighted by molar-refractivity contribution is 6.30. The molecule has 1 amide bonds. The van der Waals surface area contributed by atoms with Gasteiger partial charge in [0.25, 0.3) is 5.91 Å². The number of nitrogens with one attached hydrogen (secondary N) is 1. The van der Waals surface area contributed by atoms with E-state index >= 15 is 0 Å². The van der Waals surface area contributed by atoms with Crippen LogP contribution in [-0.4, -0.2) is 30.7 Å². The zero-order chi connectivity index (χ0) is 13.7. The Hall–Kier alpha value is -1.81. The zero-order valence-electron chi connectivity index (χ0n) is 10.5. The molecule has 4 nitrogen and oxygen atoms in total. The van der Waals surface area contributed by atoms with Crippen molar-refractivity contribution in [1.29, 1.82) is 0 Å².